The number of aliphatic hydroxyl groups is 1. The van der Waals surface area contributed by atoms with Crippen LogP contribution < -0.4 is 4.90 Å². The smallest absolute Gasteiger partial charge is 0.414 e. The minimum absolute atomic E-state index is 0.0187. The Bertz CT molecular complexity index is 821. The largest absolute Gasteiger partial charge is 0.452 e. The number of hydrogen-bond donors (Lipinski definition) is 1. The molecule has 1 spiro atoms. The lowest BCUT2D eigenvalue weighted by molar-refractivity contribution is 0.170. The fourth-order valence-corrected chi connectivity index (χ4v) is 5.64. The van der Waals surface area contributed by atoms with Crippen molar-refractivity contribution in [1.82, 2.24) is 4.90 Å². The fraction of sp³-hybridized carbons (Fsp3) is 0.476. The molecule has 0 unspecified atom stereocenters. The van der Waals surface area contributed by atoms with Crippen LogP contribution in [0.2, 0.25) is 0 Å². The second-order valence-corrected chi connectivity index (χ2v) is 8.84. The highest BCUT2D eigenvalue weighted by Crippen LogP contribution is 2.57. The summed E-state index contributed by atoms with van der Waals surface area (Å²) < 4.78 is 6.45. The number of methoxy groups -OCH3 is 1. The van der Waals surface area contributed by atoms with E-state index in [9.17, 15) is 9.90 Å². The number of anilines is 1. The summed E-state index contributed by atoms with van der Waals surface area (Å²) in [5.41, 5.74) is 2.78. The van der Waals surface area contributed by atoms with Gasteiger partial charge in [-0.3, -0.25) is 9.80 Å². The summed E-state index contributed by atoms with van der Waals surface area (Å²) in [6, 6.07) is 8.29. The first kappa shape index (κ1) is 19.0. The minimum Gasteiger partial charge on any atom is -0.452 e. The van der Waals surface area contributed by atoms with Gasteiger partial charge in [0.15, 0.2) is 0 Å². The highest BCUT2D eigenvalue weighted by Gasteiger charge is 2.58. The predicted octanol–water partition coefficient (Wildman–Crippen LogP) is 3.61. The molecule has 0 radical (unpaired) electrons. The van der Waals surface area contributed by atoms with Crippen molar-refractivity contribution in [3.05, 3.63) is 51.1 Å². The van der Waals surface area contributed by atoms with Gasteiger partial charge < -0.3 is 9.84 Å². The number of para-hydroxylation sites is 1. The zero-order chi connectivity index (χ0) is 19.2. The van der Waals surface area contributed by atoms with Crippen molar-refractivity contribution in [3.8, 4) is 0 Å². The molecule has 3 atom stereocenters. The summed E-state index contributed by atoms with van der Waals surface area (Å²) in [5.74, 6) is 0. The van der Waals surface area contributed by atoms with Crippen molar-refractivity contribution in [1.29, 1.82) is 0 Å². The van der Waals surface area contributed by atoms with Crippen LogP contribution in [0.25, 0.3) is 0 Å². The summed E-state index contributed by atoms with van der Waals surface area (Å²) in [6.45, 7) is 3.92. The standard InChI is InChI=1S/C21H25IN2O3/c1-3-15(22)12-23-9-8-21-14(13-25)10-16(23)11-19(21)24(20(26)27-2)18-7-5-4-6-17(18)21/h3-7,10,16,19,25H,8-9,11-13H2,1-2H3/b15-3-/t16-,19+,21+/m0/s1. The number of fused-ring (bicyclic) bond motifs is 3. The van der Waals surface area contributed by atoms with Crippen LogP contribution in [0.5, 0.6) is 0 Å². The second-order valence-electron chi connectivity index (χ2n) is 7.45. The molecule has 1 aromatic rings. The Labute approximate surface area is 173 Å². The van der Waals surface area contributed by atoms with Crippen LogP contribution in [0.1, 0.15) is 25.3 Å². The van der Waals surface area contributed by atoms with Crippen LogP contribution in [0.15, 0.2) is 45.6 Å². The average molecular weight is 480 g/mol. The number of allylic oxidation sites excluding steroid dienone is 1. The van der Waals surface area contributed by atoms with Gasteiger partial charge in [0.25, 0.3) is 0 Å². The number of aliphatic hydroxyl groups excluding tert-OH is 1. The second kappa shape index (κ2) is 7.22. The molecule has 3 heterocycles. The van der Waals surface area contributed by atoms with Crippen LogP contribution in [-0.4, -0.2) is 55.0 Å². The molecular formula is C21H25IN2O3. The first-order valence-corrected chi connectivity index (χ1v) is 10.5. The molecule has 5 nitrogen and oxygen atoms in total. The Kier molecular flexibility index (Phi) is 5.07. The lowest BCUT2D eigenvalue weighted by atomic mass is 9.65. The molecule has 1 N–H and O–H groups in total. The molecule has 6 heteroatoms. The Morgan fingerprint density at radius 3 is 2.93 bits per heavy atom. The monoisotopic (exact) mass is 480 g/mol. The van der Waals surface area contributed by atoms with Crippen molar-refractivity contribution >= 4 is 34.4 Å². The van der Waals surface area contributed by atoms with E-state index in [1.807, 2.05) is 23.1 Å². The van der Waals surface area contributed by atoms with E-state index in [0.29, 0.717) is 0 Å². The first-order chi connectivity index (χ1) is 13.1. The first-order valence-electron chi connectivity index (χ1n) is 9.40. The van der Waals surface area contributed by atoms with Crippen LogP contribution in [0, 0.1) is 0 Å². The molecule has 4 aliphatic rings. The topological polar surface area (TPSA) is 53.0 Å². The van der Waals surface area contributed by atoms with Crippen molar-refractivity contribution in [2.24, 2.45) is 0 Å². The SMILES string of the molecule is C/C=C(\I)CN1CC[C@]23C(CO)=C[C@H]1C[C@H]2N(C(=O)OC)c1ccccc13. The Morgan fingerprint density at radius 2 is 2.22 bits per heavy atom. The van der Waals surface area contributed by atoms with E-state index in [1.165, 1.54) is 10.7 Å². The minimum atomic E-state index is -0.327. The molecule has 0 aromatic heterocycles. The summed E-state index contributed by atoms with van der Waals surface area (Å²) in [7, 11) is 1.44. The Hall–Kier alpha value is -1.38. The van der Waals surface area contributed by atoms with Crippen LogP contribution >= 0.6 is 22.6 Å². The maximum Gasteiger partial charge on any atom is 0.414 e. The van der Waals surface area contributed by atoms with E-state index in [1.54, 1.807) is 0 Å². The third-order valence-electron chi connectivity index (χ3n) is 6.43. The predicted molar refractivity (Wildman–Crippen MR) is 114 cm³/mol. The van der Waals surface area contributed by atoms with Gasteiger partial charge in [0.2, 0.25) is 0 Å². The van der Waals surface area contributed by atoms with E-state index < -0.39 is 0 Å². The van der Waals surface area contributed by atoms with Gasteiger partial charge in [-0.05, 0) is 59.6 Å². The lowest BCUT2D eigenvalue weighted by Crippen LogP contribution is -2.52. The summed E-state index contributed by atoms with van der Waals surface area (Å²) in [4.78, 5) is 17.0. The van der Waals surface area contributed by atoms with Crippen molar-refractivity contribution < 1.29 is 14.6 Å². The number of rotatable bonds is 3. The third kappa shape index (κ3) is 2.76. The molecule has 27 heavy (non-hydrogen) atoms. The summed E-state index contributed by atoms with van der Waals surface area (Å²) in [5, 5.41) is 10.3. The maximum atomic E-state index is 12.7. The van der Waals surface area contributed by atoms with Crippen LogP contribution in [0.3, 0.4) is 0 Å². The molecule has 1 amide bonds. The van der Waals surface area contributed by atoms with Gasteiger partial charge in [0.1, 0.15) is 0 Å². The molecule has 5 rings (SSSR count). The van der Waals surface area contributed by atoms with E-state index >= 15 is 0 Å². The zero-order valence-electron chi connectivity index (χ0n) is 15.7. The summed E-state index contributed by atoms with van der Waals surface area (Å²) >= 11 is 2.39. The normalized spacial score (nSPS) is 29.9. The average Bonchev–Trinajstić information content (AvgIpc) is 2.79. The molecule has 2 bridgehead atoms. The van der Waals surface area contributed by atoms with Gasteiger partial charge in [0, 0.05) is 28.1 Å². The number of carbonyl (C=O) groups excluding carboxylic acids is 1. The molecule has 144 valence electrons. The maximum absolute atomic E-state index is 12.7. The van der Waals surface area contributed by atoms with Crippen molar-refractivity contribution in [3.63, 3.8) is 0 Å². The van der Waals surface area contributed by atoms with Gasteiger partial charge in [-0.25, -0.2) is 4.79 Å². The van der Waals surface area contributed by atoms with Gasteiger partial charge in [-0.1, -0.05) is 30.4 Å². The summed E-state index contributed by atoms with van der Waals surface area (Å²) in [6.07, 6.45) is 5.81. The molecule has 1 fully saturated rings. The third-order valence-corrected chi connectivity index (χ3v) is 7.39. The molecule has 1 aromatic carbocycles. The van der Waals surface area contributed by atoms with Gasteiger partial charge >= 0.3 is 6.09 Å². The van der Waals surface area contributed by atoms with Crippen molar-refractivity contribution in [2.75, 3.05) is 31.7 Å². The number of amides is 1. The van der Waals surface area contributed by atoms with Crippen molar-refractivity contribution in [2.45, 2.75) is 37.3 Å². The zero-order valence-corrected chi connectivity index (χ0v) is 17.8. The lowest BCUT2D eigenvalue weighted by Gasteiger charge is -2.42. The number of benzene rings is 1. The highest BCUT2D eigenvalue weighted by atomic mass is 127. The quantitative estimate of drug-likeness (QED) is 0.531. The number of hydrogen-bond acceptors (Lipinski definition) is 4. The van der Waals surface area contributed by atoms with E-state index in [0.717, 1.165) is 42.8 Å². The fourth-order valence-electron chi connectivity index (χ4n) is 5.20. The van der Waals surface area contributed by atoms with E-state index in [4.69, 9.17) is 4.74 Å². The van der Waals surface area contributed by atoms with Crippen LogP contribution in [0.4, 0.5) is 10.5 Å². The number of carbonyl (C=O) groups is 1. The number of nitrogens with zero attached hydrogens (tertiary/aromatic N) is 2. The molecule has 1 saturated heterocycles. The van der Waals surface area contributed by atoms with E-state index in [-0.39, 0.29) is 30.2 Å². The Balaban J connectivity index is 1.85. The molecule has 3 aliphatic heterocycles. The molecule has 1 aliphatic carbocycles. The molecule has 0 saturated carbocycles. The van der Waals surface area contributed by atoms with Gasteiger partial charge in [-0.15, -0.1) is 0 Å². The number of halogens is 1. The van der Waals surface area contributed by atoms with Crippen LogP contribution in [-0.2, 0) is 10.2 Å². The molecular weight excluding hydrogens is 455 g/mol. The number of ether oxygens (including phenoxy) is 1. The van der Waals surface area contributed by atoms with E-state index in [2.05, 4.69) is 52.6 Å². The van der Waals surface area contributed by atoms with Gasteiger partial charge in [0.05, 0.1) is 25.4 Å². The Morgan fingerprint density at radius 1 is 1.44 bits per heavy atom. The highest BCUT2D eigenvalue weighted by molar-refractivity contribution is 14.1. The van der Waals surface area contributed by atoms with Gasteiger partial charge in [-0.2, -0.15) is 0 Å².